The number of methoxy groups -OCH3 is 1. The molecule has 0 aliphatic carbocycles. The summed E-state index contributed by atoms with van der Waals surface area (Å²) >= 11 is 0. The van der Waals surface area contributed by atoms with Crippen molar-refractivity contribution in [2.75, 3.05) is 12.4 Å². The van der Waals surface area contributed by atoms with E-state index in [0.29, 0.717) is 11.4 Å². The first-order valence-electron chi connectivity index (χ1n) is 7.46. The van der Waals surface area contributed by atoms with Crippen LogP contribution in [-0.4, -0.2) is 27.5 Å². The van der Waals surface area contributed by atoms with Gasteiger partial charge in [-0.1, -0.05) is 6.07 Å². The molecule has 1 atom stereocenters. The quantitative estimate of drug-likeness (QED) is 0.822. The SMILES string of the molecule is COc1ccc(C)cc1NC(=O)C(C)NS(=O)(=O)c1ccc(F)cc1. The number of sulfonamides is 1. The van der Waals surface area contributed by atoms with E-state index < -0.39 is 27.8 Å². The zero-order valence-corrected chi connectivity index (χ0v) is 14.9. The summed E-state index contributed by atoms with van der Waals surface area (Å²) in [5, 5.41) is 2.63. The Labute approximate surface area is 146 Å². The Bertz CT molecular complexity index is 867. The van der Waals surface area contributed by atoms with Gasteiger partial charge < -0.3 is 10.1 Å². The Hall–Kier alpha value is -2.45. The lowest BCUT2D eigenvalue weighted by Crippen LogP contribution is -2.41. The number of anilines is 1. The van der Waals surface area contributed by atoms with Crippen LogP contribution >= 0.6 is 0 Å². The molecular formula is C17H19FN2O4S. The first-order valence-corrected chi connectivity index (χ1v) is 8.94. The average molecular weight is 366 g/mol. The first-order chi connectivity index (χ1) is 11.7. The van der Waals surface area contributed by atoms with E-state index in [4.69, 9.17) is 4.74 Å². The third-order valence-corrected chi connectivity index (χ3v) is 5.02. The van der Waals surface area contributed by atoms with Gasteiger partial charge in [0.1, 0.15) is 11.6 Å². The minimum atomic E-state index is -3.95. The number of benzene rings is 2. The van der Waals surface area contributed by atoms with Crippen LogP contribution in [0.25, 0.3) is 0 Å². The van der Waals surface area contributed by atoms with Gasteiger partial charge in [-0.15, -0.1) is 0 Å². The molecule has 25 heavy (non-hydrogen) atoms. The van der Waals surface area contributed by atoms with Gasteiger partial charge in [0.15, 0.2) is 0 Å². The fraction of sp³-hybridized carbons (Fsp3) is 0.235. The highest BCUT2D eigenvalue weighted by Gasteiger charge is 2.22. The fourth-order valence-corrected chi connectivity index (χ4v) is 3.33. The van der Waals surface area contributed by atoms with Crippen LogP contribution in [0.5, 0.6) is 5.75 Å². The average Bonchev–Trinajstić information content (AvgIpc) is 2.55. The third kappa shape index (κ3) is 4.77. The summed E-state index contributed by atoms with van der Waals surface area (Å²) in [5.74, 6) is -0.626. The molecule has 0 bridgehead atoms. The lowest BCUT2D eigenvalue weighted by atomic mass is 10.2. The van der Waals surface area contributed by atoms with Crippen molar-refractivity contribution in [1.82, 2.24) is 4.72 Å². The van der Waals surface area contributed by atoms with Crippen LogP contribution in [0.2, 0.25) is 0 Å². The molecule has 6 nitrogen and oxygen atoms in total. The van der Waals surface area contributed by atoms with E-state index in [1.54, 1.807) is 12.1 Å². The van der Waals surface area contributed by atoms with E-state index in [-0.39, 0.29) is 4.90 Å². The number of aryl methyl sites for hydroxylation is 1. The Morgan fingerprint density at radius 1 is 1.16 bits per heavy atom. The van der Waals surface area contributed by atoms with Crippen molar-refractivity contribution in [3.8, 4) is 5.75 Å². The fourth-order valence-electron chi connectivity index (χ4n) is 2.13. The minimum absolute atomic E-state index is 0.123. The molecule has 0 radical (unpaired) electrons. The molecule has 2 N–H and O–H groups in total. The monoisotopic (exact) mass is 366 g/mol. The van der Waals surface area contributed by atoms with Crippen molar-refractivity contribution in [2.45, 2.75) is 24.8 Å². The van der Waals surface area contributed by atoms with Crippen LogP contribution in [0, 0.1) is 12.7 Å². The predicted octanol–water partition coefficient (Wildman–Crippen LogP) is 2.45. The zero-order valence-electron chi connectivity index (χ0n) is 14.0. The minimum Gasteiger partial charge on any atom is -0.495 e. The molecule has 0 aliphatic heterocycles. The molecule has 0 saturated carbocycles. The molecular weight excluding hydrogens is 347 g/mol. The van der Waals surface area contributed by atoms with Crippen LogP contribution in [0.15, 0.2) is 47.4 Å². The molecule has 0 aliphatic rings. The molecule has 0 heterocycles. The van der Waals surface area contributed by atoms with Gasteiger partial charge in [0.2, 0.25) is 15.9 Å². The van der Waals surface area contributed by atoms with Crippen molar-refractivity contribution < 1.29 is 22.3 Å². The van der Waals surface area contributed by atoms with Crippen LogP contribution in [0.4, 0.5) is 10.1 Å². The Balaban J connectivity index is 2.12. The van der Waals surface area contributed by atoms with Crippen LogP contribution in [0.1, 0.15) is 12.5 Å². The molecule has 2 aromatic carbocycles. The normalized spacial score (nSPS) is 12.5. The van der Waals surface area contributed by atoms with Crippen LogP contribution in [-0.2, 0) is 14.8 Å². The molecule has 8 heteroatoms. The first kappa shape index (κ1) is 18.9. The molecule has 0 saturated heterocycles. The maximum Gasteiger partial charge on any atom is 0.242 e. The predicted molar refractivity (Wildman–Crippen MR) is 92.5 cm³/mol. The van der Waals surface area contributed by atoms with E-state index in [0.717, 1.165) is 29.8 Å². The van der Waals surface area contributed by atoms with Gasteiger partial charge in [-0.05, 0) is 55.8 Å². The van der Waals surface area contributed by atoms with E-state index in [1.807, 2.05) is 13.0 Å². The number of amides is 1. The number of ether oxygens (including phenoxy) is 1. The van der Waals surface area contributed by atoms with Crippen molar-refractivity contribution in [2.24, 2.45) is 0 Å². The number of nitrogens with one attached hydrogen (secondary N) is 2. The maximum absolute atomic E-state index is 12.9. The highest BCUT2D eigenvalue weighted by atomic mass is 32.2. The zero-order chi connectivity index (χ0) is 18.6. The van der Waals surface area contributed by atoms with Crippen LogP contribution in [0.3, 0.4) is 0 Å². The second kappa shape index (κ2) is 7.62. The maximum atomic E-state index is 12.9. The molecule has 0 fully saturated rings. The van der Waals surface area contributed by atoms with Gasteiger partial charge in [0.25, 0.3) is 0 Å². The number of carbonyl (C=O) groups is 1. The van der Waals surface area contributed by atoms with Crippen molar-refractivity contribution in [3.05, 3.63) is 53.8 Å². The number of carbonyl (C=O) groups excluding carboxylic acids is 1. The van der Waals surface area contributed by atoms with E-state index >= 15 is 0 Å². The molecule has 0 spiro atoms. The van der Waals surface area contributed by atoms with Crippen molar-refractivity contribution >= 4 is 21.6 Å². The molecule has 1 unspecified atom stereocenters. The largest absolute Gasteiger partial charge is 0.495 e. The van der Waals surface area contributed by atoms with Gasteiger partial charge in [-0.25, -0.2) is 12.8 Å². The third-order valence-electron chi connectivity index (χ3n) is 3.46. The standard InChI is InChI=1S/C17H19FN2O4S/c1-11-4-9-16(24-3)15(10-11)19-17(21)12(2)20-25(22,23)14-7-5-13(18)6-8-14/h4-10,12,20H,1-3H3,(H,19,21). The Kier molecular flexibility index (Phi) is 5.76. The molecule has 2 aromatic rings. The van der Waals surface area contributed by atoms with Crippen LogP contribution < -0.4 is 14.8 Å². The summed E-state index contributed by atoms with van der Waals surface area (Å²) in [5.41, 5.74) is 1.36. The summed E-state index contributed by atoms with van der Waals surface area (Å²) < 4.78 is 44.9. The number of halogens is 1. The highest BCUT2D eigenvalue weighted by molar-refractivity contribution is 7.89. The van der Waals surface area contributed by atoms with Gasteiger partial charge in [0, 0.05) is 0 Å². The second-order valence-electron chi connectivity index (χ2n) is 5.49. The number of hydrogen-bond donors (Lipinski definition) is 2. The smallest absolute Gasteiger partial charge is 0.242 e. The van der Waals surface area contributed by atoms with Gasteiger partial charge in [-0.3, -0.25) is 4.79 Å². The highest BCUT2D eigenvalue weighted by Crippen LogP contribution is 2.25. The summed E-state index contributed by atoms with van der Waals surface area (Å²) in [6.07, 6.45) is 0. The second-order valence-corrected chi connectivity index (χ2v) is 7.20. The van der Waals surface area contributed by atoms with E-state index in [9.17, 15) is 17.6 Å². The molecule has 2 rings (SSSR count). The summed E-state index contributed by atoms with van der Waals surface area (Å²) in [6.45, 7) is 3.27. The number of hydrogen-bond acceptors (Lipinski definition) is 4. The lowest BCUT2D eigenvalue weighted by Gasteiger charge is -2.16. The van der Waals surface area contributed by atoms with Gasteiger partial charge in [0.05, 0.1) is 23.7 Å². The summed E-state index contributed by atoms with van der Waals surface area (Å²) in [6, 6.07) is 8.55. The summed E-state index contributed by atoms with van der Waals surface area (Å²) in [4.78, 5) is 12.2. The Morgan fingerprint density at radius 3 is 2.40 bits per heavy atom. The van der Waals surface area contributed by atoms with E-state index in [1.165, 1.54) is 14.0 Å². The topological polar surface area (TPSA) is 84.5 Å². The van der Waals surface area contributed by atoms with E-state index in [2.05, 4.69) is 10.0 Å². The van der Waals surface area contributed by atoms with Crippen molar-refractivity contribution in [1.29, 1.82) is 0 Å². The molecule has 0 aromatic heterocycles. The Morgan fingerprint density at radius 2 is 1.80 bits per heavy atom. The molecule has 1 amide bonds. The summed E-state index contributed by atoms with van der Waals surface area (Å²) in [7, 11) is -2.47. The van der Waals surface area contributed by atoms with Gasteiger partial charge >= 0.3 is 0 Å². The number of rotatable bonds is 6. The molecule has 134 valence electrons. The van der Waals surface area contributed by atoms with Gasteiger partial charge in [-0.2, -0.15) is 4.72 Å². The van der Waals surface area contributed by atoms with Crippen molar-refractivity contribution in [3.63, 3.8) is 0 Å². The lowest BCUT2D eigenvalue weighted by molar-refractivity contribution is -0.117.